The van der Waals surface area contributed by atoms with Crippen molar-refractivity contribution in [3.63, 3.8) is 0 Å². The Bertz CT molecular complexity index is 1120. The van der Waals surface area contributed by atoms with E-state index in [1.54, 1.807) is 0 Å². The molecule has 2 aliphatic rings. The van der Waals surface area contributed by atoms with Crippen LogP contribution < -0.4 is 5.32 Å². The highest BCUT2D eigenvalue weighted by Gasteiger charge is 2.39. The fourth-order valence-corrected chi connectivity index (χ4v) is 5.18. The number of nitrogens with one attached hydrogen (secondary N) is 1. The summed E-state index contributed by atoms with van der Waals surface area (Å²) in [7, 11) is 0. The standard InChI is InChI=1S/C26H31FN4O3/c1-2-33-12-11-31-24-6-4-3-5-23(24)25(29-31)26(32)28-20-13-21-16-34-17-22(14-20)30(21)15-18-7-9-19(27)10-8-18/h3-10,20-22H,2,11-17H2,1H3,(H,28,32). The Morgan fingerprint density at radius 1 is 1.15 bits per heavy atom. The number of para-hydroxylation sites is 1. The molecule has 8 heteroatoms. The molecule has 1 N–H and O–H groups in total. The molecule has 180 valence electrons. The van der Waals surface area contributed by atoms with Gasteiger partial charge in [0, 0.05) is 36.7 Å². The van der Waals surface area contributed by atoms with Crippen LogP contribution in [0.25, 0.3) is 10.9 Å². The Morgan fingerprint density at radius 2 is 1.88 bits per heavy atom. The number of morpholine rings is 1. The van der Waals surface area contributed by atoms with Gasteiger partial charge in [0.2, 0.25) is 0 Å². The molecule has 2 fully saturated rings. The molecule has 3 heterocycles. The summed E-state index contributed by atoms with van der Waals surface area (Å²) >= 11 is 0. The molecule has 1 aromatic heterocycles. The number of nitrogens with zero attached hydrogens (tertiary/aromatic N) is 3. The Labute approximate surface area is 198 Å². The molecule has 0 radical (unpaired) electrons. The zero-order valence-electron chi connectivity index (χ0n) is 19.5. The average Bonchev–Trinajstić information content (AvgIpc) is 3.20. The summed E-state index contributed by atoms with van der Waals surface area (Å²) in [5.41, 5.74) is 2.49. The van der Waals surface area contributed by atoms with Gasteiger partial charge in [0.1, 0.15) is 5.82 Å². The van der Waals surface area contributed by atoms with Crippen LogP contribution in [0, 0.1) is 5.82 Å². The number of carbonyl (C=O) groups is 1. The molecule has 0 spiro atoms. The Morgan fingerprint density at radius 3 is 2.62 bits per heavy atom. The van der Waals surface area contributed by atoms with Crippen LogP contribution in [-0.2, 0) is 22.6 Å². The van der Waals surface area contributed by atoms with Crippen LogP contribution in [-0.4, -0.2) is 65.1 Å². The molecule has 2 aromatic carbocycles. The lowest BCUT2D eigenvalue weighted by atomic mass is 9.89. The lowest BCUT2D eigenvalue weighted by Gasteiger charge is -2.48. The van der Waals surface area contributed by atoms with Crippen molar-refractivity contribution < 1.29 is 18.7 Å². The highest BCUT2D eigenvalue weighted by molar-refractivity contribution is 6.05. The predicted molar refractivity (Wildman–Crippen MR) is 127 cm³/mol. The second-order valence-electron chi connectivity index (χ2n) is 9.07. The van der Waals surface area contributed by atoms with Crippen LogP contribution in [0.5, 0.6) is 0 Å². The molecule has 2 atom stereocenters. The summed E-state index contributed by atoms with van der Waals surface area (Å²) in [6.45, 7) is 5.81. The van der Waals surface area contributed by atoms with Crippen molar-refractivity contribution in [2.45, 2.75) is 51.0 Å². The smallest absolute Gasteiger partial charge is 0.272 e. The van der Waals surface area contributed by atoms with E-state index in [0.29, 0.717) is 38.7 Å². The molecule has 0 saturated carbocycles. The van der Waals surface area contributed by atoms with Crippen LogP contribution in [0.2, 0.25) is 0 Å². The van der Waals surface area contributed by atoms with Crippen LogP contribution in [0.3, 0.4) is 0 Å². The highest BCUT2D eigenvalue weighted by atomic mass is 19.1. The minimum atomic E-state index is -0.221. The van der Waals surface area contributed by atoms with E-state index in [-0.39, 0.29) is 29.8 Å². The fourth-order valence-electron chi connectivity index (χ4n) is 5.18. The lowest BCUT2D eigenvalue weighted by Crippen LogP contribution is -2.60. The van der Waals surface area contributed by atoms with E-state index in [0.717, 1.165) is 35.9 Å². The zero-order chi connectivity index (χ0) is 23.5. The van der Waals surface area contributed by atoms with Crippen molar-refractivity contribution >= 4 is 16.8 Å². The molecule has 5 rings (SSSR count). The third-order valence-corrected chi connectivity index (χ3v) is 6.81. The van der Waals surface area contributed by atoms with Gasteiger partial charge in [-0.05, 0) is 43.5 Å². The van der Waals surface area contributed by atoms with Crippen LogP contribution in [0.1, 0.15) is 35.8 Å². The fraction of sp³-hybridized carbons (Fsp3) is 0.462. The maximum absolute atomic E-state index is 13.3. The summed E-state index contributed by atoms with van der Waals surface area (Å²) in [6.07, 6.45) is 1.62. The summed E-state index contributed by atoms with van der Waals surface area (Å²) in [5.74, 6) is -0.358. The molecule has 2 unspecified atom stereocenters. The van der Waals surface area contributed by atoms with Gasteiger partial charge >= 0.3 is 0 Å². The lowest BCUT2D eigenvalue weighted by molar-refractivity contribution is -0.0843. The summed E-state index contributed by atoms with van der Waals surface area (Å²) in [6, 6.07) is 15.0. The molecular weight excluding hydrogens is 435 g/mol. The Kier molecular flexibility index (Phi) is 6.89. The van der Waals surface area contributed by atoms with Crippen LogP contribution in [0.15, 0.2) is 48.5 Å². The first-order valence-corrected chi connectivity index (χ1v) is 12.0. The van der Waals surface area contributed by atoms with Crippen molar-refractivity contribution in [2.24, 2.45) is 0 Å². The molecule has 3 aromatic rings. The number of hydrogen-bond acceptors (Lipinski definition) is 5. The minimum absolute atomic E-state index is 0.0585. The van der Waals surface area contributed by atoms with Gasteiger partial charge in [-0.15, -0.1) is 0 Å². The molecular formula is C26H31FN4O3. The van der Waals surface area contributed by atoms with Crippen molar-refractivity contribution in [3.05, 3.63) is 65.6 Å². The van der Waals surface area contributed by atoms with Gasteiger partial charge in [0.15, 0.2) is 5.69 Å². The Hall–Kier alpha value is -2.81. The summed E-state index contributed by atoms with van der Waals surface area (Å²) < 4.78 is 26.5. The number of piperidine rings is 1. The first-order chi connectivity index (χ1) is 16.6. The van der Waals surface area contributed by atoms with Crippen molar-refractivity contribution in [1.29, 1.82) is 0 Å². The van der Waals surface area contributed by atoms with Gasteiger partial charge in [-0.2, -0.15) is 5.10 Å². The first-order valence-electron chi connectivity index (χ1n) is 12.0. The predicted octanol–water partition coefficient (Wildman–Crippen LogP) is 3.37. The molecule has 0 aliphatic carbocycles. The molecule has 7 nitrogen and oxygen atoms in total. The third kappa shape index (κ3) is 4.85. The highest BCUT2D eigenvalue weighted by Crippen LogP contribution is 2.30. The van der Waals surface area contributed by atoms with Gasteiger partial charge in [0.25, 0.3) is 5.91 Å². The monoisotopic (exact) mass is 466 g/mol. The van der Waals surface area contributed by atoms with Gasteiger partial charge < -0.3 is 14.8 Å². The van der Waals surface area contributed by atoms with E-state index in [9.17, 15) is 9.18 Å². The van der Waals surface area contributed by atoms with Crippen molar-refractivity contribution in [3.8, 4) is 0 Å². The summed E-state index contributed by atoms with van der Waals surface area (Å²) in [4.78, 5) is 15.7. The average molecular weight is 467 g/mol. The quantitative estimate of drug-likeness (QED) is 0.516. The van der Waals surface area contributed by atoms with E-state index >= 15 is 0 Å². The number of rotatable bonds is 8. The largest absolute Gasteiger partial charge is 0.380 e. The third-order valence-electron chi connectivity index (χ3n) is 6.81. The number of fused-ring (bicyclic) bond motifs is 3. The topological polar surface area (TPSA) is 68.6 Å². The normalized spacial score (nSPS) is 22.7. The van der Waals surface area contributed by atoms with E-state index in [2.05, 4.69) is 15.3 Å². The second kappa shape index (κ2) is 10.2. The van der Waals surface area contributed by atoms with E-state index in [1.807, 2.05) is 48.0 Å². The number of amides is 1. The van der Waals surface area contributed by atoms with Crippen LogP contribution >= 0.6 is 0 Å². The maximum atomic E-state index is 13.3. The maximum Gasteiger partial charge on any atom is 0.272 e. The number of halogens is 1. The zero-order valence-corrected chi connectivity index (χ0v) is 19.5. The van der Waals surface area contributed by atoms with Gasteiger partial charge in [0.05, 0.1) is 31.9 Å². The molecule has 2 aliphatic heterocycles. The number of ether oxygens (including phenoxy) is 2. The van der Waals surface area contributed by atoms with E-state index in [4.69, 9.17) is 9.47 Å². The summed E-state index contributed by atoms with van der Waals surface area (Å²) in [5, 5.41) is 8.74. The first kappa shape index (κ1) is 23.0. The SMILES string of the molecule is CCOCCn1nc(C(=O)NC2CC3COCC(C2)N3Cc2ccc(F)cc2)c2ccccc21. The van der Waals surface area contributed by atoms with Crippen molar-refractivity contribution in [2.75, 3.05) is 26.4 Å². The van der Waals surface area contributed by atoms with E-state index < -0.39 is 0 Å². The molecule has 1 amide bonds. The number of hydrogen-bond donors (Lipinski definition) is 1. The van der Waals surface area contributed by atoms with Gasteiger partial charge in [-0.25, -0.2) is 4.39 Å². The second-order valence-corrected chi connectivity index (χ2v) is 9.07. The van der Waals surface area contributed by atoms with E-state index in [1.165, 1.54) is 12.1 Å². The minimum Gasteiger partial charge on any atom is -0.380 e. The molecule has 2 saturated heterocycles. The number of aromatic nitrogens is 2. The number of carbonyl (C=O) groups excluding carboxylic acids is 1. The number of benzene rings is 2. The van der Waals surface area contributed by atoms with Crippen LogP contribution in [0.4, 0.5) is 4.39 Å². The van der Waals surface area contributed by atoms with Crippen molar-refractivity contribution in [1.82, 2.24) is 20.0 Å². The Balaban J connectivity index is 1.28. The molecule has 2 bridgehead atoms. The van der Waals surface area contributed by atoms with Gasteiger partial charge in [-0.1, -0.05) is 30.3 Å². The molecule has 34 heavy (non-hydrogen) atoms. The van der Waals surface area contributed by atoms with Gasteiger partial charge in [-0.3, -0.25) is 14.4 Å².